The summed E-state index contributed by atoms with van der Waals surface area (Å²) in [4.78, 5) is 9.65. The van der Waals surface area contributed by atoms with Crippen LogP contribution in [0.3, 0.4) is 0 Å². The van der Waals surface area contributed by atoms with Crippen LogP contribution in [0.15, 0.2) is 0 Å². The van der Waals surface area contributed by atoms with Crippen molar-refractivity contribution in [2.45, 2.75) is 33.1 Å². The zero-order chi connectivity index (χ0) is 7.70. The first-order valence-electron chi connectivity index (χ1n) is 3.18. The molecule has 0 atom stereocenters. The molecule has 0 unspecified atom stereocenters. The number of carboxylic acids is 1. The Kier molecular flexibility index (Phi) is 26.6. The third kappa shape index (κ3) is 24.3. The van der Waals surface area contributed by atoms with E-state index < -0.39 is 5.97 Å². The van der Waals surface area contributed by atoms with Crippen molar-refractivity contribution in [1.82, 2.24) is 0 Å². The molecule has 56 valence electrons. The number of hydrogen-bond acceptors (Lipinski definition) is 2. The van der Waals surface area contributed by atoms with Crippen LogP contribution in [-0.2, 0) is 24.3 Å². The first-order valence-corrected chi connectivity index (χ1v) is 3.18. The molecule has 2 nitrogen and oxygen atoms in total. The van der Waals surface area contributed by atoms with E-state index in [1.807, 2.05) is 6.92 Å². The van der Waals surface area contributed by atoms with E-state index in [4.69, 9.17) is 0 Å². The largest absolute Gasteiger partial charge is 2.00 e. The topological polar surface area (TPSA) is 40.1 Å². The van der Waals surface area contributed by atoms with Crippen molar-refractivity contribution < 1.29 is 29.4 Å². The van der Waals surface area contributed by atoms with Crippen LogP contribution in [-0.4, -0.2) is 5.97 Å². The van der Waals surface area contributed by atoms with Gasteiger partial charge in [0, 0.05) is 5.97 Å². The molecule has 0 aliphatic carbocycles. The molecule has 0 aromatic carbocycles. The van der Waals surface area contributed by atoms with Gasteiger partial charge in [0.1, 0.15) is 0 Å². The maximum atomic E-state index is 9.65. The van der Waals surface area contributed by atoms with E-state index in [2.05, 4.69) is 6.92 Å². The van der Waals surface area contributed by atoms with Crippen LogP contribution in [0.25, 0.3) is 0 Å². The van der Waals surface area contributed by atoms with E-state index in [-0.39, 0.29) is 25.9 Å². The van der Waals surface area contributed by atoms with Crippen LogP contribution in [0.5, 0.6) is 0 Å². The molecule has 0 aliphatic rings. The zero-order valence-corrected chi connectivity index (χ0v) is 9.82. The van der Waals surface area contributed by atoms with Crippen LogP contribution < -0.4 is 5.11 Å². The van der Waals surface area contributed by atoms with Crippen LogP contribution in [0.4, 0.5) is 0 Å². The summed E-state index contributed by atoms with van der Waals surface area (Å²) >= 11 is 0. The molecule has 0 aliphatic heterocycles. The van der Waals surface area contributed by atoms with E-state index in [0.717, 1.165) is 12.8 Å². The Morgan fingerprint density at radius 1 is 1.50 bits per heavy atom. The molecule has 0 N–H and O–H groups in total. The second-order valence-electron chi connectivity index (χ2n) is 1.48. The molecule has 0 amide bonds. The van der Waals surface area contributed by atoms with Crippen LogP contribution in [0.2, 0.25) is 0 Å². The molecule has 0 aromatic heterocycles. The van der Waals surface area contributed by atoms with Gasteiger partial charge in [-0.1, -0.05) is 13.3 Å². The average Bonchev–Trinajstić information content (AvgIpc) is 1.88. The summed E-state index contributed by atoms with van der Waals surface area (Å²) in [6.45, 7) is 6.95. The van der Waals surface area contributed by atoms with Gasteiger partial charge in [0.05, 0.1) is 0 Å². The first-order chi connectivity index (χ1) is 4.27. The normalized spacial score (nSPS) is 6.70. The molecular formula is C7H14O2Zn. The third-order valence-corrected chi connectivity index (χ3v) is 0.734. The Morgan fingerprint density at radius 3 is 2.00 bits per heavy atom. The van der Waals surface area contributed by atoms with Crippen LogP contribution in [0.1, 0.15) is 33.1 Å². The van der Waals surface area contributed by atoms with Gasteiger partial charge in [-0.15, -0.1) is 0 Å². The van der Waals surface area contributed by atoms with Gasteiger partial charge in [0.15, 0.2) is 0 Å². The molecule has 0 rings (SSSR count). The molecule has 0 bridgehead atoms. The number of aliphatic carboxylic acids is 1. The van der Waals surface area contributed by atoms with Gasteiger partial charge >= 0.3 is 19.5 Å². The van der Waals surface area contributed by atoms with Gasteiger partial charge < -0.3 is 16.8 Å². The smallest absolute Gasteiger partial charge is 0.550 e. The summed E-state index contributed by atoms with van der Waals surface area (Å²) in [5.41, 5.74) is 0. The molecule has 0 spiro atoms. The summed E-state index contributed by atoms with van der Waals surface area (Å²) in [5.74, 6) is -0.943. The second kappa shape index (κ2) is 16.0. The van der Waals surface area contributed by atoms with E-state index in [9.17, 15) is 9.90 Å². The van der Waals surface area contributed by atoms with Gasteiger partial charge in [-0.25, -0.2) is 0 Å². The van der Waals surface area contributed by atoms with E-state index in [1.165, 1.54) is 0 Å². The molecular weight excluding hydrogens is 181 g/mol. The first kappa shape index (κ1) is 16.6. The molecule has 0 heterocycles. The monoisotopic (exact) mass is 194 g/mol. The number of carboxylic acid groups (broad SMARTS) is 1. The summed E-state index contributed by atoms with van der Waals surface area (Å²) in [6.07, 6.45) is 1.87. The van der Waals surface area contributed by atoms with Crippen molar-refractivity contribution >= 4 is 5.97 Å². The summed E-state index contributed by atoms with van der Waals surface area (Å²) < 4.78 is 0. The van der Waals surface area contributed by atoms with Crippen LogP contribution in [0, 0.1) is 6.92 Å². The minimum atomic E-state index is -0.943. The average molecular weight is 196 g/mol. The molecule has 0 saturated carbocycles. The fourth-order valence-electron chi connectivity index (χ4n) is 0.321. The van der Waals surface area contributed by atoms with Gasteiger partial charge in [-0.3, -0.25) is 0 Å². The molecule has 0 radical (unpaired) electrons. The van der Waals surface area contributed by atoms with Gasteiger partial charge in [0.25, 0.3) is 0 Å². The van der Waals surface area contributed by atoms with Crippen molar-refractivity contribution in [2.75, 3.05) is 0 Å². The Bertz CT molecular complexity index is 64.6. The molecule has 0 aromatic rings. The van der Waals surface area contributed by atoms with Crippen molar-refractivity contribution in [2.24, 2.45) is 0 Å². The SMILES string of the molecule is CCCCC(=O)[O-].[CH2-]C.[Zn+2]. The fourth-order valence-corrected chi connectivity index (χ4v) is 0.321. The maximum absolute atomic E-state index is 9.65. The molecule has 0 fully saturated rings. The number of carbonyl (C=O) groups excluding carboxylic acids is 1. The van der Waals surface area contributed by atoms with E-state index in [0.29, 0.717) is 0 Å². The third-order valence-electron chi connectivity index (χ3n) is 0.734. The van der Waals surface area contributed by atoms with Crippen molar-refractivity contribution in [1.29, 1.82) is 0 Å². The Hall–Kier alpha value is 0.0934. The Morgan fingerprint density at radius 2 is 1.90 bits per heavy atom. The van der Waals surface area contributed by atoms with Gasteiger partial charge in [0.2, 0.25) is 0 Å². The number of carbonyl (C=O) groups is 1. The predicted octanol–water partition coefficient (Wildman–Crippen LogP) is 0.764. The van der Waals surface area contributed by atoms with Crippen molar-refractivity contribution in [3.05, 3.63) is 6.92 Å². The summed E-state index contributed by atoms with van der Waals surface area (Å²) in [5, 5.41) is 9.65. The maximum Gasteiger partial charge on any atom is 2.00 e. The number of unbranched alkanes of at least 4 members (excludes halogenated alkanes) is 1. The van der Waals surface area contributed by atoms with E-state index in [1.54, 1.807) is 6.92 Å². The fraction of sp³-hybridized carbons (Fsp3) is 0.714. The standard InChI is InChI=1S/C5H10O2.C2H5.Zn/c1-2-3-4-5(6)7;1-2;/h2-4H2,1H3,(H,6,7);1H2,2H3;/q;-1;+2/p-1. The van der Waals surface area contributed by atoms with Crippen molar-refractivity contribution in [3.8, 4) is 0 Å². The quantitative estimate of drug-likeness (QED) is 0.493. The Balaban J connectivity index is -0.000000149. The number of hydrogen-bond donors (Lipinski definition) is 0. The second-order valence-corrected chi connectivity index (χ2v) is 1.48. The number of rotatable bonds is 3. The molecule has 3 heteroatoms. The summed E-state index contributed by atoms with van der Waals surface area (Å²) in [7, 11) is 0. The van der Waals surface area contributed by atoms with Crippen LogP contribution >= 0.6 is 0 Å². The predicted molar refractivity (Wildman–Crippen MR) is 35.6 cm³/mol. The van der Waals surface area contributed by atoms with E-state index >= 15 is 0 Å². The van der Waals surface area contributed by atoms with Crippen molar-refractivity contribution in [3.63, 3.8) is 0 Å². The summed E-state index contributed by atoms with van der Waals surface area (Å²) in [6, 6.07) is 0. The zero-order valence-electron chi connectivity index (χ0n) is 6.85. The van der Waals surface area contributed by atoms with Gasteiger partial charge in [-0.2, -0.15) is 6.92 Å². The molecule has 0 saturated heterocycles. The minimum Gasteiger partial charge on any atom is -0.550 e. The molecule has 10 heavy (non-hydrogen) atoms. The Labute approximate surface area is 75.8 Å². The van der Waals surface area contributed by atoms with Gasteiger partial charge in [-0.05, 0) is 12.8 Å². The minimum absolute atomic E-state index is 0.